The molecule has 2 heterocycles. The van der Waals surface area contributed by atoms with Crippen molar-refractivity contribution in [3.8, 4) is 0 Å². The molecule has 3 rings (SSSR count). The van der Waals surface area contributed by atoms with E-state index in [0.29, 0.717) is 17.9 Å². The summed E-state index contributed by atoms with van der Waals surface area (Å²) < 4.78 is 0. The highest BCUT2D eigenvalue weighted by Crippen LogP contribution is 2.22. The van der Waals surface area contributed by atoms with Crippen molar-refractivity contribution in [2.75, 3.05) is 54.9 Å². The van der Waals surface area contributed by atoms with E-state index in [1.54, 1.807) is 0 Å². The molecule has 1 saturated carbocycles. The molecule has 1 aromatic heterocycles. The lowest BCUT2D eigenvalue weighted by Gasteiger charge is -2.28. The molecule has 0 bridgehead atoms. The molecule has 0 radical (unpaired) electrons. The number of aliphatic hydroxyl groups excluding tert-OH is 1. The molecule has 2 fully saturated rings. The average molecular weight is 349 g/mol. The summed E-state index contributed by atoms with van der Waals surface area (Å²) in [5.41, 5.74) is 0. The Labute approximate surface area is 149 Å². The van der Waals surface area contributed by atoms with Crippen LogP contribution in [0.5, 0.6) is 0 Å². The number of piperazine rings is 1. The third-order valence-electron chi connectivity index (χ3n) is 4.83. The topological polar surface area (TPSA) is 98.2 Å². The van der Waals surface area contributed by atoms with Crippen molar-refractivity contribution in [3.63, 3.8) is 0 Å². The van der Waals surface area contributed by atoms with E-state index < -0.39 is 0 Å². The summed E-state index contributed by atoms with van der Waals surface area (Å²) in [7, 11) is 0. The van der Waals surface area contributed by atoms with Gasteiger partial charge in [-0.25, -0.2) is 0 Å². The molecule has 2 aliphatic rings. The lowest BCUT2D eigenvalue weighted by atomic mass is 10.2. The van der Waals surface area contributed by atoms with Crippen LogP contribution < -0.4 is 20.9 Å². The van der Waals surface area contributed by atoms with Gasteiger partial charge in [0.05, 0.1) is 0 Å². The first kappa shape index (κ1) is 18.1. The summed E-state index contributed by atoms with van der Waals surface area (Å²) in [6, 6.07) is 0.482. The smallest absolute Gasteiger partial charge is 0.232 e. The number of aromatic nitrogens is 3. The third-order valence-corrected chi connectivity index (χ3v) is 4.83. The number of anilines is 3. The summed E-state index contributed by atoms with van der Waals surface area (Å²) in [4.78, 5) is 16.1. The number of aliphatic hydroxyl groups is 1. The van der Waals surface area contributed by atoms with Crippen molar-refractivity contribution in [1.82, 2.24) is 20.3 Å². The maximum atomic E-state index is 8.86. The van der Waals surface area contributed by atoms with E-state index in [1.807, 2.05) is 0 Å². The van der Waals surface area contributed by atoms with Crippen molar-refractivity contribution in [2.24, 2.45) is 0 Å². The number of nitrogens with zero attached hydrogens (tertiary/aromatic N) is 4. The van der Waals surface area contributed by atoms with E-state index in [1.165, 1.54) is 25.7 Å². The molecular weight excluding hydrogens is 318 g/mol. The van der Waals surface area contributed by atoms with E-state index in [9.17, 15) is 0 Å². The first-order valence-electron chi connectivity index (χ1n) is 9.68. The van der Waals surface area contributed by atoms with E-state index in [2.05, 4.69) is 35.8 Å². The van der Waals surface area contributed by atoms with Crippen LogP contribution in [0.1, 0.15) is 44.9 Å². The highest BCUT2D eigenvalue weighted by atomic mass is 16.2. The lowest BCUT2D eigenvalue weighted by molar-refractivity contribution is 0.283. The second-order valence-corrected chi connectivity index (χ2v) is 6.86. The highest BCUT2D eigenvalue weighted by molar-refractivity contribution is 5.44. The number of nitrogens with one attached hydrogen (secondary N) is 3. The molecule has 1 aliphatic carbocycles. The first-order chi connectivity index (χ1) is 12.3. The van der Waals surface area contributed by atoms with Crippen molar-refractivity contribution >= 4 is 17.8 Å². The number of rotatable bonds is 9. The molecule has 0 amide bonds. The van der Waals surface area contributed by atoms with Crippen LogP contribution in [0.2, 0.25) is 0 Å². The van der Waals surface area contributed by atoms with Crippen molar-refractivity contribution < 1.29 is 5.11 Å². The van der Waals surface area contributed by atoms with Gasteiger partial charge < -0.3 is 26.0 Å². The lowest BCUT2D eigenvalue weighted by Crippen LogP contribution is -2.44. The van der Waals surface area contributed by atoms with E-state index in [4.69, 9.17) is 5.11 Å². The SMILES string of the molecule is OCCCCCNc1nc(NC2CCCC2)nc(N2CCNCC2)n1. The summed E-state index contributed by atoms with van der Waals surface area (Å²) in [6.45, 7) is 4.83. The first-order valence-corrected chi connectivity index (χ1v) is 9.68. The monoisotopic (exact) mass is 349 g/mol. The quantitative estimate of drug-likeness (QED) is 0.494. The Bertz CT molecular complexity index is 516. The van der Waals surface area contributed by atoms with Gasteiger partial charge in [-0.05, 0) is 32.1 Å². The molecule has 0 unspecified atom stereocenters. The average Bonchev–Trinajstić information content (AvgIpc) is 3.15. The van der Waals surface area contributed by atoms with Crippen LogP contribution in [-0.2, 0) is 0 Å². The van der Waals surface area contributed by atoms with Gasteiger partial charge in [-0.3, -0.25) is 0 Å². The van der Waals surface area contributed by atoms with Gasteiger partial charge in [0, 0.05) is 45.4 Å². The summed E-state index contributed by atoms with van der Waals surface area (Å²) in [5, 5.41) is 19.0. The maximum absolute atomic E-state index is 8.86. The zero-order valence-electron chi connectivity index (χ0n) is 15.0. The Balaban J connectivity index is 1.65. The Kier molecular flexibility index (Phi) is 7.05. The van der Waals surface area contributed by atoms with Crippen molar-refractivity contribution in [1.29, 1.82) is 0 Å². The fourth-order valence-electron chi connectivity index (χ4n) is 3.38. The Hall–Kier alpha value is -1.67. The van der Waals surface area contributed by atoms with Gasteiger partial charge in [0.1, 0.15) is 0 Å². The molecule has 0 spiro atoms. The normalized spacial score (nSPS) is 18.5. The largest absolute Gasteiger partial charge is 0.396 e. The molecule has 8 heteroatoms. The molecule has 4 N–H and O–H groups in total. The van der Waals surface area contributed by atoms with Crippen LogP contribution in [0.4, 0.5) is 17.8 Å². The molecule has 8 nitrogen and oxygen atoms in total. The minimum absolute atomic E-state index is 0.258. The van der Waals surface area contributed by atoms with Gasteiger partial charge in [-0.15, -0.1) is 0 Å². The number of unbranched alkanes of at least 4 members (excludes halogenated alkanes) is 2. The number of hydrogen-bond acceptors (Lipinski definition) is 8. The van der Waals surface area contributed by atoms with Gasteiger partial charge >= 0.3 is 0 Å². The van der Waals surface area contributed by atoms with Crippen LogP contribution in [0.3, 0.4) is 0 Å². The second-order valence-electron chi connectivity index (χ2n) is 6.86. The molecule has 1 saturated heterocycles. The maximum Gasteiger partial charge on any atom is 0.232 e. The fourth-order valence-corrected chi connectivity index (χ4v) is 3.38. The molecule has 1 aliphatic heterocycles. The zero-order chi connectivity index (χ0) is 17.3. The number of hydrogen-bond donors (Lipinski definition) is 4. The van der Waals surface area contributed by atoms with Gasteiger partial charge in [0.15, 0.2) is 0 Å². The molecule has 0 aromatic carbocycles. The molecule has 140 valence electrons. The molecular formula is C17H31N7O. The van der Waals surface area contributed by atoms with Gasteiger partial charge in [0.2, 0.25) is 17.8 Å². The van der Waals surface area contributed by atoms with E-state index >= 15 is 0 Å². The van der Waals surface area contributed by atoms with Crippen LogP contribution in [0.25, 0.3) is 0 Å². The predicted octanol–water partition coefficient (Wildman–Crippen LogP) is 1.21. The van der Waals surface area contributed by atoms with E-state index in [0.717, 1.165) is 57.9 Å². The Morgan fingerprint density at radius 1 is 1.00 bits per heavy atom. The minimum atomic E-state index is 0.258. The van der Waals surface area contributed by atoms with Crippen molar-refractivity contribution in [2.45, 2.75) is 51.0 Å². The summed E-state index contributed by atoms with van der Waals surface area (Å²) in [6.07, 6.45) is 7.80. The van der Waals surface area contributed by atoms with Crippen LogP contribution >= 0.6 is 0 Å². The van der Waals surface area contributed by atoms with Crippen LogP contribution in [0.15, 0.2) is 0 Å². The molecule has 0 atom stereocenters. The van der Waals surface area contributed by atoms with Crippen LogP contribution in [0, 0.1) is 0 Å². The summed E-state index contributed by atoms with van der Waals surface area (Å²) in [5.74, 6) is 2.09. The van der Waals surface area contributed by atoms with Crippen molar-refractivity contribution in [3.05, 3.63) is 0 Å². The predicted molar refractivity (Wildman–Crippen MR) is 100 cm³/mol. The Morgan fingerprint density at radius 2 is 1.76 bits per heavy atom. The van der Waals surface area contributed by atoms with Crippen LogP contribution in [-0.4, -0.2) is 65.4 Å². The third kappa shape index (κ3) is 5.67. The molecule has 25 heavy (non-hydrogen) atoms. The molecule has 1 aromatic rings. The standard InChI is InChI=1S/C17H31N7O/c25-13-5-1-4-8-19-15-21-16(20-14-6-2-3-7-14)23-17(22-15)24-11-9-18-10-12-24/h14,18,25H,1-13H2,(H2,19,20,21,22,23). The second kappa shape index (κ2) is 9.72. The van der Waals surface area contributed by atoms with Gasteiger partial charge in [-0.2, -0.15) is 15.0 Å². The Morgan fingerprint density at radius 3 is 2.52 bits per heavy atom. The van der Waals surface area contributed by atoms with E-state index in [-0.39, 0.29) is 6.61 Å². The van der Waals surface area contributed by atoms with Gasteiger partial charge in [-0.1, -0.05) is 12.8 Å². The zero-order valence-corrected chi connectivity index (χ0v) is 15.0. The highest BCUT2D eigenvalue weighted by Gasteiger charge is 2.19. The summed E-state index contributed by atoms with van der Waals surface area (Å²) >= 11 is 0. The fraction of sp³-hybridized carbons (Fsp3) is 0.824. The minimum Gasteiger partial charge on any atom is -0.396 e. The van der Waals surface area contributed by atoms with Gasteiger partial charge in [0.25, 0.3) is 0 Å².